The quantitative estimate of drug-likeness (QED) is 0.779. The van der Waals surface area contributed by atoms with E-state index < -0.39 is 0 Å². The number of hydrogen-bond acceptors (Lipinski definition) is 3. The molecule has 0 aromatic heterocycles. The third-order valence-corrected chi connectivity index (χ3v) is 3.24. The number of rotatable bonds is 7. The van der Waals surface area contributed by atoms with Gasteiger partial charge in [0.25, 0.3) is 0 Å². The molecule has 1 atom stereocenters. The summed E-state index contributed by atoms with van der Waals surface area (Å²) in [6.07, 6.45) is 0.181. The van der Waals surface area contributed by atoms with E-state index in [1.165, 1.54) is 0 Å². The van der Waals surface area contributed by atoms with Gasteiger partial charge < -0.3 is 10.5 Å². The van der Waals surface area contributed by atoms with Crippen molar-refractivity contribution in [2.24, 2.45) is 5.73 Å². The van der Waals surface area contributed by atoms with Crippen LogP contribution in [0.1, 0.15) is 39.3 Å². The Morgan fingerprint density at radius 1 is 1.21 bits per heavy atom. The molecule has 2 N–H and O–H groups in total. The predicted octanol–water partition coefficient (Wildman–Crippen LogP) is 3.14. The lowest BCUT2D eigenvalue weighted by Gasteiger charge is -2.29. The second-order valence-corrected chi connectivity index (χ2v) is 5.23. The Kier molecular flexibility index (Phi) is 6.25. The van der Waals surface area contributed by atoms with Crippen LogP contribution in [0.25, 0.3) is 0 Å². The summed E-state index contributed by atoms with van der Waals surface area (Å²) in [5.41, 5.74) is 7.02. The van der Waals surface area contributed by atoms with Gasteiger partial charge in [-0.05, 0) is 44.6 Å². The van der Waals surface area contributed by atoms with Crippen LogP contribution in [0.3, 0.4) is 0 Å². The Morgan fingerprint density at radius 2 is 1.74 bits per heavy atom. The maximum absolute atomic E-state index is 5.90. The summed E-state index contributed by atoms with van der Waals surface area (Å²) in [4.78, 5) is 2.77. The molecule has 0 saturated heterocycles. The Labute approximate surface area is 121 Å². The van der Waals surface area contributed by atoms with Gasteiger partial charge in [0.15, 0.2) is 0 Å². The first kappa shape index (κ1) is 15.9. The normalized spacial score (nSPS) is 12.7. The molecule has 0 bridgehead atoms. The fourth-order valence-corrected chi connectivity index (χ4v) is 2.43. The van der Waals surface area contributed by atoms with Gasteiger partial charge in [-0.3, -0.25) is 4.90 Å². The minimum atomic E-state index is -0.00176. The lowest BCUT2D eigenvalue weighted by atomic mass is 10.0. The average Bonchev–Trinajstić information content (AvgIpc) is 2.36. The number of hydrogen-bond donors (Lipinski definition) is 1. The first-order chi connectivity index (χ1) is 8.99. The van der Waals surface area contributed by atoms with Crippen LogP contribution in [-0.4, -0.2) is 29.1 Å². The Hall–Kier alpha value is -1.13. The molecule has 0 saturated carbocycles. The van der Waals surface area contributed by atoms with Gasteiger partial charge >= 0.3 is 0 Å². The van der Waals surface area contributed by atoms with Gasteiger partial charge in [-0.1, -0.05) is 38.2 Å². The molecule has 19 heavy (non-hydrogen) atoms. The van der Waals surface area contributed by atoms with E-state index in [0.717, 1.165) is 24.4 Å². The molecule has 0 aliphatic heterocycles. The van der Waals surface area contributed by atoms with Crippen LogP contribution in [0.4, 0.5) is 0 Å². The third kappa shape index (κ3) is 4.48. The highest BCUT2D eigenvalue weighted by Crippen LogP contribution is 2.23. The van der Waals surface area contributed by atoms with Crippen LogP contribution in [-0.2, 0) is 0 Å². The molecule has 0 radical (unpaired) electrons. The smallest absolute Gasteiger partial charge is 0.119 e. The molecule has 0 fully saturated rings. The number of likely N-dealkylation sites (N-methyl/N-ethyl adjacent to an activating group) is 1. The summed E-state index contributed by atoms with van der Waals surface area (Å²) in [7, 11) is 0. The molecule has 0 heterocycles. The van der Waals surface area contributed by atoms with Crippen molar-refractivity contribution in [3.8, 4) is 5.75 Å². The molecule has 4 heteroatoms. The number of thiocarbonyl (C=S) groups is 1. The summed E-state index contributed by atoms with van der Waals surface area (Å²) in [6, 6.07) is 8.03. The van der Waals surface area contributed by atoms with Crippen molar-refractivity contribution < 1.29 is 4.74 Å². The molecule has 0 aliphatic carbocycles. The summed E-state index contributed by atoms with van der Waals surface area (Å²) >= 11 is 5.22. The van der Waals surface area contributed by atoms with Crippen molar-refractivity contribution in [3.05, 3.63) is 29.8 Å². The topological polar surface area (TPSA) is 38.5 Å². The van der Waals surface area contributed by atoms with Gasteiger partial charge in [0.2, 0.25) is 0 Å². The van der Waals surface area contributed by atoms with E-state index in [9.17, 15) is 0 Å². The van der Waals surface area contributed by atoms with Crippen LogP contribution >= 0.6 is 12.2 Å². The largest absolute Gasteiger partial charge is 0.491 e. The van der Waals surface area contributed by atoms with E-state index in [1.54, 1.807) is 0 Å². The lowest BCUT2D eigenvalue weighted by Crippen LogP contribution is -2.36. The fourth-order valence-electron chi connectivity index (χ4n) is 2.14. The van der Waals surface area contributed by atoms with Crippen molar-refractivity contribution in [2.75, 3.05) is 13.1 Å². The minimum absolute atomic E-state index is 0.00176. The highest BCUT2D eigenvalue weighted by molar-refractivity contribution is 7.80. The van der Waals surface area contributed by atoms with E-state index in [1.807, 2.05) is 38.1 Å². The van der Waals surface area contributed by atoms with Crippen molar-refractivity contribution >= 4 is 17.2 Å². The van der Waals surface area contributed by atoms with E-state index in [2.05, 4.69) is 18.7 Å². The van der Waals surface area contributed by atoms with Gasteiger partial charge in [0.05, 0.1) is 17.1 Å². The van der Waals surface area contributed by atoms with Crippen molar-refractivity contribution in [2.45, 2.75) is 39.8 Å². The second kappa shape index (κ2) is 7.46. The Bertz CT molecular complexity index is 399. The summed E-state index contributed by atoms with van der Waals surface area (Å²) < 4.78 is 5.64. The van der Waals surface area contributed by atoms with Crippen molar-refractivity contribution in [1.29, 1.82) is 0 Å². The zero-order valence-electron chi connectivity index (χ0n) is 12.2. The highest BCUT2D eigenvalue weighted by Gasteiger charge is 2.20. The van der Waals surface area contributed by atoms with Crippen LogP contribution < -0.4 is 10.5 Å². The number of nitrogens with two attached hydrogens (primary N) is 1. The van der Waals surface area contributed by atoms with E-state index in [0.29, 0.717) is 4.99 Å². The first-order valence-electron chi connectivity index (χ1n) is 6.79. The summed E-state index contributed by atoms with van der Waals surface area (Å²) in [6.45, 7) is 10.1. The monoisotopic (exact) mass is 280 g/mol. The van der Waals surface area contributed by atoms with Gasteiger partial charge in [-0.15, -0.1) is 0 Å². The van der Waals surface area contributed by atoms with Gasteiger partial charge in [-0.2, -0.15) is 0 Å². The number of nitrogens with zero attached hydrogens (tertiary/aromatic N) is 1. The SMILES string of the molecule is CCN(CC)C(C(N)=S)c1ccc(OC(C)C)cc1. The lowest BCUT2D eigenvalue weighted by molar-refractivity contribution is 0.242. The van der Waals surface area contributed by atoms with Crippen LogP contribution in [0.5, 0.6) is 5.75 Å². The van der Waals surface area contributed by atoms with Gasteiger partial charge in [-0.25, -0.2) is 0 Å². The summed E-state index contributed by atoms with van der Waals surface area (Å²) in [5.74, 6) is 0.875. The Balaban J connectivity index is 2.94. The van der Waals surface area contributed by atoms with E-state index in [4.69, 9.17) is 22.7 Å². The molecule has 106 valence electrons. The molecule has 0 aliphatic rings. The molecular weight excluding hydrogens is 256 g/mol. The molecule has 1 aromatic carbocycles. The maximum atomic E-state index is 5.90. The molecule has 0 spiro atoms. The standard InChI is InChI=1S/C15H24N2OS/c1-5-17(6-2)14(15(16)19)12-7-9-13(10-8-12)18-11(3)4/h7-11,14H,5-6H2,1-4H3,(H2,16,19). The van der Waals surface area contributed by atoms with E-state index in [-0.39, 0.29) is 12.1 Å². The average molecular weight is 280 g/mol. The van der Waals surface area contributed by atoms with E-state index >= 15 is 0 Å². The zero-order chi connectivity index (χ0) is 14.4. The Morgan fingerprint density at radius 3 is 2.11 bits per heavy atom. The predicted molar refractivity (Wildman–Crippen MR) is 84.7 cm³/mol. The molecular formula is C15H24N2OS. The minimum Gasteiger partial charge on any atom is -0.491 e. The fraction of sp³-hybridized carbons (Fsp3) is 0.533. The molecule has 1 unspecified atom stereocenters. The van der Waals surface area contributed by atoms with Crippen LogP contribution in [0, 0.1) is 0 Å². The third-order valence-electron chi connectivity index (χ3n) is 3.01. The molecule has 1 rings (SSSR count). The number of ether oxygens (including phenoxy) is 1. The zero-order valence-corrected chi connectivity index (χ0v) is 13.0. The number of benzene rings is 1. The van der Waals surface area contributed by atoms with Gasteiger partial charge in [0, 0.05) is 0 Å². The summed E-state index contributed by atoms with van der Waals surface area (Å²) in [5, 5.41) is 0. The molecule has 1 aromatic rings. The maximum Gasteiger partial charge on any atom is 0.119 e. The second-order valence-electron chi connectivity index (χ2n) is 4.76. The van der Waals surface area contributed by atoms with Crippen molar-refractivity contribution in [1.82, 2.24) is 4.90 Å². The van der Waals surface area contributed by atoms with Crippen molar-refractivity contribution in [3.63, 3.8) is 0 Å². The highest BCUT2D eigenvalue weighted by atomic mass is 32.1. The van der Waals surface area contributed by atoms with Gasteiger partial charge in [0.1, 0.15) is 5.75 Å². The first-order valence-corrected chi connectivity index (χ1v) is 7.20. The molecule has 0 amide bonds. The van der Waals surface area contributed by atoms with Crippen LogP contribution in [0.15, 0.2) is 24.3 Å². The van der Waals surface area contributed by atoms with Crippen LogP contribution in [0.2, 0.25) is 0 Å². The molecule has 3 nitrogen and oxygen atoms in total.